The lowest BCUT2D eigenvalue weighted by Crippen LogP contribution is -2.31. The van der Waals surface area contributed by atoms with Crippen molar-refractivity contribution in [3.8, 4) is 0 Å². The van der Waals surface area contributed by atoms with E-state index in [2.05, 4.69) is 40.0 Å². The van der Waals surface area contributed by atoms with Crippen LogP contribution in [0.4, 0.5) is 0 Å². The topological polar surface area (TPSA) is 56.9 Å². The van der Waals surface area contributed by atoms with E-state index in [9.17, 15) is 4.79 Å². The molecule has 0 aliphatic rings. The van der Waals surface area contributed by atoms with Gasteiger partial charge in [-0.3, -0.25) is 4.79 Å². The minimum atomic E-state index is 0.0217. The maximum atomic E-state index is 10.7. The summed E-state index contributed by atoms with van der Waals surface area (Å²) >= 11 is 0. The first-order chi connectivity index (χ1) is 8.77. The van der Waals surface area contributed by atoms with E-state index in [-0.39, 0.29) is 5.91 Å². The van der Waals surface area contributed by atoms with Crippen LogP contribution in [0.3, 0.4) is 0 Å². The molecular weight excluding hydrogens is 226 g/mol. The third-order valence-electron chi connectivity index (χ3n) is 2.92. The molecule has 2 rings (SSSR count). The Bertz CT molecular complexity index is 518. The Labute approximate surface area is 107 Å². The summed E-state index contributed by atoms with van der Waals surface area (Å²) in [7, 11) is 0. The number of fused-ring (bicyclic) bond motifs is 1. The second-order valence-electron chi connectivity index (χ2n) is 4.34. The van der Waals surface area contributed by atoms with Crippen LogP contribution in [0, 0.1) is 0 Å². The van der Waals surface area contributed by atoms with Crippen molar-refractivity contribution >= 4 is 16.8 Å². The van der Waals surface area contributed by atoms with Crippen LogP contribution in [0.25, 0.3) is 10.9 Å². The molecule has 0 radical (unpaired) electrons. The molecule has 3 N–H and O–H groups in total. The number of aromatic nitrogens is 1. The van der Waals surface area contributed by atoms with E-state index in [1.165, 1.54) is 23.4 Å². The first kappa shape index (κ1) is 12.6. The Morgan fingerprint density at radius 3 is 2.89 bits per heavy atom. The summed E-state index contributed by atoms with van der Waals surface area (Å²) in [5, 5.41) is 7.37. The SMILES string of the molecule is CC(=O)NCCNCCc1c[nH]c2ccccc12. The highest BCUT2D eigenvalue weighted by molar-refractivity contribution is 5.83. The van der Waals surface area contributed by atoms with Crippen LogP contribution < -0.4 is 10.6 Å². The number of benzene rings is 1. The highest BCUT2D eigenvalue weighted by atomic mass is 16.1. The van der Waals surface area contributed by atoms with E-state index in [1.54, 1.807) is 0 Å². The molecule has 0 bridgehead atoms. The fourth-order valence-corrected chi connectivity index (χ4v) is 2.01. The van der Waals surface area contributed by atoms with Crippen molar-refractivity contribution in [3.63, 3.8) is 0 Å². The summed E-state index contributed by atoms with van der Waals surface area (Å²) in [5.41, 5.74) is 2.52. The Balaban J connectivity index is 1.75. The van der Waals surface area contributed by atoms with Gasteiger partial charge in [-0.1, -0.05) is 18.2 Å². The molecule has 1 aromatic carbocycles. The third-order valence-corrected chi connectivity index (χ3v) is 2.92. The fraction of sp³-hybridized carbons (Fsp3) is 0.357. The van der Waals surface area contributed by atoms with Gasteiger partial charge in [0, 0.05) is 37.1 Å². The van der Waals surface area contributed by atoms with Crippen molar-refractivity contribution in [2.75, 3.05) is 19.6 Å². The molecule has 0 atom stereocenters. The van der Waals surface area contributed by atoms with Crippen LogP contribution in [0.2, 0.25) is 0 Å². The number of para-hydroxylation sites is 1. The molecule has 96 valence electrons. The lowest BCUT2D eigenvalue weighted by molar-refractivity contribution is -0.118. The van der Waals surface area contributed by atoms with Gasteiger partial charge in [0.2, 0.25) is 5.91 Å². The summed E-state index contributed by atoms with van der Waals surface area (Å²) in [6.45, 7) is 3.94. The van der Waals surface area contributed by atoms with Gasteiger partial charge in [0.15, 0.2) is 0 Å². The second kappa shape index (κ2) is 6.21. The molecule has 1 amide bonds. The number of rotatable bonds is 6. The van der Waals surface area contributed by atoms with Crippen molar-refractivity contribution in [1.82, 2.24) is 15.6 Å². The van der Waals surface area contributed by atoms with Crippen LogP contribution in [0.15, 0.2) is 30.5 Å². The van der Waals surface area contributed by atoms with E-state index in [0.717, 1.165) is 19.5 Å². The first-order valence-electron chi connectivity index (χ1n) is 6.27. The average molecular weight is 245 g/mol. The van der Waals surface area contributed by atoms with Crippen LogP contribution in [-0.2, 0) is 11.2 Å². The van der Waals surface area contributed by atoms with Crippen LogP contribution in [0.5, 0.6) is 0 Å². The molecule has 1 heterocycles. The molecule has 1 aromatic heterocycles. The molecule has 0 saturated heterocycles. The van der Waals surface area contributed by atoms with Gasteiger partial charge in [-0.2, -0.15) is 0 Å². The van der Waals surface area contributed by atoms with Crippen molar-refractivity contribution in [3.05, 3.63) is 36.0 Å². The number of hydrogen-bond donors (Lipinski definition) is 3. The first-order valence-corrected chi connectivity index (χ1v) is 6.27. The molecule has 0 fully saturated rings. The average Bonchev–Trinajstić information content (AvgIpc) is 2.77. The number of H-pyrrole nitrogens is 1. The van der Waals surface area contributed by atoms with Crippen molar-refractivity contribution in [2.45, 2.75) is 13.3 Å². The van der Waals surface area contributed by atoms with E-state index < -0.39 is 0 Å². The van der Waals surface area contributed by atoms with E-state index >= 15 is 0 Å². The number of hydrogen-bond acceptors (Lipinski definition) is 2. The quantitative estimate of drug-likeness (QED) is 0.674. The van der Waals surface area contributed by atoms with Crippen molar-refractivity contribution in [2.24, 2.45) is 0 Å². The number of aromatic amines is 1. The van der Waals surface area contributed by atoms with Crippen LogP contribution in [0.1, 0.15) is 12.5 Å². The maximum absolute atomic E-state index is 10.7. The monoisotopic (exact) mass is 245 g/mol. The maximum Gasteiger partial charge on any atom is 0.216 e. The summed E-state index contributed by atoms with van der Waals surface area (Å²) in [6, 6.07) is 8.32. The van der Waals surface area contributed by atoms with E-state index in [4.69, 9.17) is 0 Å². The smallest absolute Gasteiger partial charge is 0.216 e. The number of carbonyl (C=O) groups excluding carboxylic acids is 1. The number of amides is 1. The van der Waals surface area contributed by atoms with Crippen molar-refractivity contribution < 1.29 is 4.79 Å². The van der Waals surface area contributed by atoms with Gasteiger partial charge in [-0.15, -0.1) is 0 Å². The van der Waals surface area contributed by atoms with E-state index in [0.29, 0.717) is 6.54 Å². The second-order valence-corrected chi connectivity index (χ2v) is 4.34. The predicted molar refractivity (Wildman–Crippen MR) is 73.6 cm³/mol. The third kappa shape index (κ3) is 3.34. The van der Waals surface area contributed by atoms with Crippen LogP contribution >= 0.6 is 0 Å². The Kier molecular flexibility index (Phi) is 4.36. The van der Waals surface area contributed by atoms with Gasteiger partial charge in [-0.05, 0) is 24.6 Å². The largest absolute Gasteiger partial charge is 0.361 e. The number of nitrogens with one attached hydrogen (secondary N) is 3. The summed E-state index contributed by atoms with van der Waals surface area (Å²) in [5.74, 6) is 0.0217. The molecule has 0 unspecified atom stereocenters. The molecule has 2 aromatic rings. The highest BCUT2D eigenvalue weighted by Gasteiger charge is 2.01. The normalized spacial score (nSPS) is 10.7. The Morgan fingerprint density at radius 1 is 1.22 bits per heavy atom. The molecule has 0 aliphatic carbocycles. The molecule has 0 saturated carbocycles. The molecule has 18 heavy (non-hydrogen) atoms. The molecular formula is C14H19N3O. The Hall–Kier alpha value is -1.81. The summed E-state index contributed by atoms with van der Waals surface area (Å²) in [4.78, 5) is 13.9. The molecule has 0 spiro atoms. The zero-order valence-electron chi connectivity index (χ0n) is 10.6. The molecule has 0 aliphatic heterocycles. The van der Waals surface area contributed by atoms with Gasteiger partial charge >= 0.3 is 0 Å². The Morgan fingerprint density at radius 2 is 2.06 bits per heavy atom. The summed E-state index contributed by atoms with van der Waals surface area (Å²) < 4.78 is 0. The standard InChI is InChI=1S/C14H19N3O/c1-11(18)16-9-8-15-7-6-12-10-17-14-5-3-2-4-13(12)14/h2-5,10,15,17H,6-9H2,1H3,(H,16,18). The lowest BCUT2D eigenvalue weighted by atomic mass is 10.1. The van der Waals surface area contributed by atoms with Gasteiger partial charge in [-0.25, -0.2) is 0 Å². The predicted octanol–water partition coefficient (Wildman–Crippen LogP) is 1.44. The zero-order chi connectivity index (χ0) is 12.8. The lowest BCUT2D eigenvalue weighted by Gasteiger charge is -2.04. The highest BCUT2D eigenvalue weighted by Crippen LogP contribution is 2.17. The van der Waals surface area contributed by atoms with Crippen molar-refractivity contribution in [1.29, 1.82) is 0 Å². The molecule has 4 heteroatoms. The van der Waals surface area contributed by atoms with E-state index in [1.807, 2.05) is 6.07 Å². The minimum absolute atomic E-state index is 0.0217. The van der Waals surface area contributed by atoms with Gasteiger partial charge < -0.3 is 15.6 Å². The number of carbonyl (C=O) groups is 1. The van der Waals surface area contributed by atoms with Crippen LogP contribution in [-0.4, -0.2) is 30.5 Å². The molecule has 4 nitrogen and oxygen atoms in total. The summed E-state index contributed by atoms with van der Waals surface area (Å²) in [6.07, 6.45) is 3.06. The van der Waals surface area contributed by atoms with Gasteiger partial charge in [0.05, 0.1) is 0 Å². The fourth-order valence-electron chi connectivity index (χ4n) is 2.01. The van der Waals surface area contributed by atoms with Gasteiger partial charge in [0.25, 0.3) is 0 Å². The minimum Gasteiger partial charge on any atom is -0.361 e. The van der Waals surface area contributed by atoms with Gasteiger partial charge in [0.1, 0.15) is 0 Å². The zero-order valence-corrected chi connectivity index (χ0v) is 10.6.